The van der Waals surface area contributed by atoms with E-state index in [-0.39, 0.29) is 38.2 Å². The normalized spacial score (nSPS) is 23.0. The molecule has 1 unspecified atom stereocenters. The molecule has 2 N–H and O–H groups in total. The van der Waals surface area contributed by atoms with Gasteiger partial charge in [0.25, 0.3) is 0 Å². The van der Waals surface area contributed by atoms with Crippen molar-refractivity contribution in [3.63, 3.8) is 0 Å². The molecule has 144 valence electrons. The highest BCUT2D eigenvalue weighted by Crippen LogP contribution is 1.96. The van der Waals surface area contributed by atoms with Crippen LogP contribution in [0.5, 0.6) is 0 Å². The summed E-state index contributed by atoms with van der Waals surface area (Å²) >= 11 is 0. The van der Waals surface area contributed by atoms with Gasteiger partial charge < -0.3 is 34.3 Å². The Morgan fingerprint density at radius 2 is 1.64 bits per heavy atom. The topological polar surface area (TPSA) is 104 Å². The van der Waals surface area contributed by atoms with Gasteiger partial charge in [0.2, 0.25) is 11.8 Å². The van der Waals surface area contributed by atoms with Gasteiger partial charge in [0.15, 0.2) is 0 Å². The first kappa shape index (κ1) is 21.5. The number of ether oxygens (including phenoxy) is 5. The van der Waals surface area contributed by atoms with Crippen LogP contribution in [0.2, 0.25) is 0 Å². The summed E-state index contributed by atoms with van der Waals surface area (Å²) in [7, 11) is 0. The SMILES string of the molecule is C=CCOCC1COCC(=O)NCCOCCOCCNC(=O)CO1. The van der Waals surface area contributed by atoms with Crippen LogP contribution in [0, 0.1) is 0 Å². The summed E-state index contributed by atoms with van der Waals surface area (Å²) in [6, 6.07) is 0. The van der Waals surface area contributed by atoms with E-state index in [0.29, 0.717) is 46.1 Å². The number of hydrogen-bond acceptors (Lipinski definition) is 7. The first-order valence-electron chi connectivity index (χ1n) is 8.29. The number of hydrogen-bond donors (Lipinski definition) is 2. The molecular weight excluding hydrogens is 332 g/mol. The van der Waals surface area contributed by atoms with Crippen LogP contribution in [0.4, 0.5) is 0 Å². The van der Waals surface area contributed by atoms with Crippen molar-refractivity contribution in [1.29, 1.82) is 0 Å². The molecule has 25 heavy (non-hydrogen) atoms. The fourth-order valence-corrected chi connectivity index (χ4v) is 1.85. The summed E-state index contributed by atoms with van der Waals surface area (Å²) in [5.41, 5.74) is 0. The molecule has 0 bridgehead atoms. The number of carbonyl (C=O) groups excluding carboxylic acids is 2. The second-order valence-electron chi connectivity index (χ2n) is 5.20. The monoisotopic (exact) mass is 360 g/mol. The van der Waals surface area contributed by atoms with E-state index >= 15 is 0 Å². The quantitative estimate of drug-likeness (QED) is 0.483. The molecule has 0 aromatic heterocycles. The fourth-order valence-electron chi connectivity index (χ4n) is 1.85. The molecular formula is C16H28N2O7. The summed E-state index contributed by atoms with van der Waals surface area (Å²) in [6.45, 7) is 6.51. The van der Waals surface area contributed by atoms with Crippen molar-refractivity contribution in [3.8, 4) is 0 Å². The smallest absolute Gasteiger partial charge is 0.246 e. The molecule has 1 aliphatic heterocycles. The van der Waals surface area contributed by atoms with Gasteiger partial charge in [0, 0.05) is 13.1 Å². The van der Waals surface area contributed by atoms with Crippen LogP contribution in [0.15, 0.2) is 12.7 Å². The van der Waals surface area contributed by atoms with Crippen LogP contribution < -0.4 is 10.6 Å². The van der Waals surface area contributed by atoms with E-state index in [9.17, 15) is 9.59 Å². The Kier molecular flexibility index (Phi) is 12.7. The van der Waals surface area contributed by atoms with E-state index in [0.717, 1.165) is 0 Å². The predicted octanol–water partition coefficient (Wildman–Crippen LogP) is -1.13. The zero-order chi connectivity index (χ0) is 18.2. The van der Waals surface area contributed by atoms with Gasteiger partial charge in [-0.3, -0.25) is 9.59 Å². The molecule has 1 heterocycles. The van der Waals surface area contributed by atoms with E-state index in [1.165, 1.54) is 0 Å². The second kappa shape index (κ2) is 14.8. The average Bonchev–Trinajstić information content (AvgIpc) is 2.60. The van der Waals surface area contributed by atoms with E-state index in [4.69, 9.17) is 23.7 Å². The van der Waals surface area contributed by atoms with Gasteiger partial charge in [-0.15, -0.1) is 6.58 Å². The highest BCUT2D eigenvalue weighted by Gasteiger charge is 2.13. The minimum Gasteiger partial charge on any atom is -0.377 e. The molecule has 1 aliphatic rings. The maximum absolute atomic E-state index is 11.7. The van der Waals surface area contributed by atoms with Crippen molar-refractivity contribution < 1.29 is 33.3 Å². The van der Waals surface area contributed by atoms with Gasteiger partial charge in [-0.1, -0.05) is 6.08 Å². The summed E-state index contributed by atoms with van der Waals surface area (Å²) < 4.78 is 26.8. The zero-order valence-electron chi connectivity index (χ0n) is 14.5. The Bertz CT molecular complexity index is 393. The van der Waals surface area contributed by atoms with Crippen molar-refractivity contribution in [1.82, 2.24) is 10.6 Å². The first-order chi connectivity index (χ1) is 12.2. The Morgan fingerprint density at radius 1 is 1.00 bits per heavy atom. The zero-order valence-corrected chi connectivity index (χ0v) is 14.5. The lowest BCUT2D eigenvalue weighted by Crippen LogP contribution is -2.36. The Morgan fingerprint density at radius 3 is 2.28 bits per heavy atom. The molecule has 0 spiro atoms. The van der Waals surface area contributed by atoms with Gasteiger partial charge in [-0.25, -0.2) is 0 Å². The molecule has 0 aromatic carbocycles. The van der Waals surface area contributed by atoms with Crippen molar-refractivity contribution in [2.75, 3.05) is 72.6 Å². The summed E-state index contributed by atoms with van der Waals surface area (Å²) in [5, 5.41) is 5.37. The van der Waals surface area contributed by atoms with Crippen LogP contribution in [-0.4, -0.2) is 90.5 Å². The summed E-state index contributed by atoms with van der Waals surface area (Å²) in [6.07, 6.45) is 1.15. The lowest BCUT2D eigenvalue weighted by molar-refractivity contribution is -0.135. The molecule has 0 saturated carbocycles. The number of carbonyl (C=O) groups is 2. The van der Waals surface area contributed by atoms with Crippen molar-refractivity contribution in [3.05, 3.63) is 12.7 Å². The average molecular weight is 360 g/mol. The minimum absolute atomic E-state index is 0.101. The molecule has 2 amide bonds. The molecule has 1 fully saturated rings. The van der Waals surface area contributed by atoms with Gasteiger partial charge in [0.1, 0.15) is 19.3 Å². The largest absolute Gasteiger partial charge is 0.377 e. The molecule has 9 nitrogen and oxygen atoms in total. The molecule has 1 saturated heterocycles. The molecule has 0 aliphatic carbocycles. The Labute approximate surface area is 148 Å². The van der Waals surface area contributed by atoms with Crippen molar-refractivity contribution in [2.24, 2.45) is 0 Å². The Balaban J connectivity index is 2.42. The fraction of sp³-hybridized carbons (Fsp3) is 0.750. The predicted molar refractivity (Wildman–Crippen MR) is 89.2 cm³/mol. The second-order valence-corrected chi connectivity index (χ2v) is 5.20. The third-order valence-corrected chi connectivity index (χ3v) is 3.04. The van der Waals surface area contributed by atoms with Crippen LogP contribution in [0.1, 0.15) is 0 Å². The molecule has 1 atom stereocenters. The lowest BCUT2D eigenvalue weighted by atomic mass is 10.4. The number of nitrogens with one attached hydrogen (secondary N) is 2. The van der Waals surface area contributed by atoms with Crippen molar-refractivity contribution in [2.45, 2.75) is 6.10 Å². The molecule has 0 radical (unpaired) electrons. The first-order valence-corrected chi connectivity index (χ1v) is 8.29. The standard InChI is InChI=1S/C16H28N2O7/c1-2-5-23-10-14-11-24-12-15(19)17-3-6-21-8-9-22-7-4-18-16(20)13-25-14/h2,14H,1,3-13H2,(H,17,19)(H,18,20). The number of amides is 2. The van der Waals surface area contributed by atoms with Gasteiger partial charge >= 0.3 is 0 Å². The van der Waals surface area contributed by atoms with E-state index < -0.39 is 6.10 Å². The number of rotatable bonds is 4. The maximum Gasteiger partial charge on any atom is 0.246 e. The molecule has 9 heteroatoms. The maximum atomic E-state index is 11.7. The highest BCUT2D eigenvalue weighted by atomic mass is 16.6. The summed E-state index contributed by atoms with van der Waals surface area (Å²) in [4.78, 5) is 23.4. The molecule has 0 aromatic rings. The van der Waals surface area contributed by atoms with Crippen LogP contribution in [-0.2, 0) is 33.3 Å². The lowest BCUT2D eigenvalue weighted by Gasteiger charge is -2.18. The third kappa shape index (κ3) is 12.5. The van der Waals surface area contributed by atoms with Crippen LogP contribution in [0.3, 0.4) is 0 Å². The van der Waals surface area contributed by atoms with Crippen LogP contribution >= 0.6 is 0 Å². The van der Waals surface area contributed by atoms with E-state index in [1.54, 1.807) is 6.08 Å². The molecule has 1 rings (SSSR count). The van der Waals surface area contributed by atoms with Gasteiger partial charge in [-0.2, -0.15) is 0 Å². The van der Waals surface area contributed by atoms with E-state index in [1.807, 2.05) is 0 Å². The summed E-state index contributed by atoms with van der Waals surface area (Å²) in [5.74, 6) is -0.503. The van der Waals surface area contributed by atoms with Crippen molar-refractivity contribution >= 4 is 11.8 Å². The minimum atomic E-state index is -0.461. The third-order valence-electron chi connectivity index (χ3n) is 3.04. The van der Waals surface area contributed by atoms with Gasteiger partial charge in [-0.05, 0) is 0 Å². The highest BCUT2D eigenvalue weighted by molar-refractivity contribution is 5.77. The van der Waals surface area contributed by atoms with Crippen LogP contribution in [0.25, 0.3) is 0 Å². The van der Waals surface area contributed by atoms with E-state index in [2.05, 4.69) is 17.2 Å². The Hall–Kier alpha value is -1.52. The van der Waals surface area contributed by atoms with Gasteiger partial charge in [0.05, 0.1) is 46.2 Å².